The summed E-state index contributed by atoms with van der Waals surface area (Å²) in [6.45, 7) is 4.86. The van der Waals surface area contributed by atoms with Gasteiger partial charge in [0.1, 0.15) is 17.9 Å². The first-order valence-corrected chi connectivity index (χ1v) is 7.56. The number of anilines is 1. The van der Waals surface area contributed by atoms with Crippen molar-refractivity contribution in [2.24, 2.45) is 0 Å². The number of rotatable bonds is 3. The summed E-state index contributed by atoms with van der Waals surface area (Å²) in [5, 5.41) is 0. The molecule has 0 saturated carbocycles. The third kappa shape index (κ3) is 2.90. The summed E-state index contributed by atoms with van der Waals surface area (Å²) in [6.07, 6.45) is 1.64. The van der Waals surface area contributed by atoms with Gasteiger partial charge >= 0.3 is 0 Å². The maximum Gasteiger partial charge on any atom is 0.132 e. The van der Waals surface area contributed by atoms with Crippen molar-refractivity contribution >= 4 is 5.82 Å². The molecule has 22 heavy (non-hydrogen) atoms. The van der Waals surface area contributed by atoms with Crippen molar-refractivity contribution in [2.45, 2.75) is 13.0 Å². The van der Waals surface area contributed by atoms with Crippen LogP contribution in [0.2, 0.25) is 0 Å². The van der Waals surface area contributed by atoms with Crippen LogP contribution in [0.15, 0.2) is 36.7 Å². The highest BCUT2D eigenvalue weighted by Gasteiger charge is 2.28. The van der Waals surface area contributed by atoms with Crippen LogP contribution in [0.1, 0.15) is 17.3 Å². The number of para-hydroxylation sites is 1. The lowest BCUT2D eigenvalue weighted by atomic mass is 10.0. The number of aryl methyl sites for hydroxylation is 1. The molecular weight excluding hydrogens is 276 g/mol. The number of piperazine rings is 1. The highest BCUT2D eigenvalue weighted by Crippen LogP contribution is 2.32. The van der Waals surface area contributed by atoms with Gasteiger partial charge in [0, 0.05) is 37.0 Å². The van der Waals surface area contributed by atoms with Crippen LogP contribution in [0.25, 0.3) is 0 Å². The topological polar surface area (TPSA) is 41.5 Å². The molecule has 2 heterocycles. The average molecular weight is 298 g/mol. The van der Waals surface area contributed by atoms with E-state index in [0.29, 0.717) is 6.04 Å². The maximum absolute atomic E-state index is 5.54. The molecule has 1 saturated heterocycles. The van der Waals surface area contributed by atoms with Crippen LogP contribution in [-0.4, -0.2) is 48.7 Å². The van der Waals surface area contributed by atoms with Crippen LogP contribution >= 0.6 is 0 Å². The van der Waals surface area contributed by atoms with E-state index in [9.17, 15) is 0 Å². The Morgan fingerprint density at radius 1 is 1.18 bits per heavy atom. The number of hydrogen-bond donors (Lipinski definition) is 0. The lowest BCUT2D eigenvalue weighted by Crippen LogP contribution is -2.47. The number of benzene rings is 1. The van der Waals surface area contributed by atoms with E-state index in [1.165, 1.54) is 5.56 Å². The van der Waals surface area contributed by atoms with Crippen LogP contribution in [0, 0.1) is 6.92 Å². The smallest absolute Gasteiger partial charge is 0.132 e. The fraction of sp³-hybridized carbons (Fsp3) is 0.412. The van der Waals surface area contributed by atoms with Crippen LogP contribution in [0.4, 0.5) is 5.82 Å². The normalized spacial score (nSPS) is 19.2. The largest absolute Gasteiger partial charge is 0.496 e. The minimum absolute atomic E-state index is 0.292. The van der Waals surface area contributed by atoms with Crippen molar-refractivity contribution in [2.75, 3.05) is 38.7 Å². The van der Waals surface area contributed by atoms with Gasteiger partial charge in [0.05, 0.1) is 13.2 Å². The average Bonchev–Trinajstić information content (AvgIpc) is 2.55. The van der Waals surface area contributed by atoms with Gasteiger partial charge < -0.3 is 9.64 Å². The van der Waals surface area contributed by atoms with E-state index >= 15 is 0 Å². The summed E-state index contributed by atoms with van der Waals surface area (Å²) in [4.78, 5) is 13.3. The van der Waals surface area contributed by atoms with Crippen LogP contribution in [0.5, 0.6) is 5.75 Å². The number of methoxy groups -OCH3 is 1. The highest BCUT2D eigenvalue weighted by atomic mass is 16.5. The molecule has 0 N–H and O–H groups in total. The van der Waals surface area contributed by atoms with E-state index in [2.05, 4.69) is 38.9 Å². The van der Waals surface area contributed by atoms with Gasteiger partial charge in [0.15, 0.2) is 0 Å². The summed E-state index contributed by atoms with van der Waals surface area (Å²) in [5.41, 5.74) is 2.22. The Balaban J connectivity index is 1.88. The molecule has 1 unspecified atom stereocenters. The first kappa shape index (κ1) is 14.8. The zero-order chi connectivity index (χ0) is 15.5. The van der Waals surface area contributed by atoms with E-state index in [-0.39, 0.29) is 0 Å². The number of aromatic nitrogens is 2. The predicted octanol–water partition coefficient (Wildman–Crippen LogP) is 2.29. The van der Waals surface area contributed by atoms with Gasteiger partial charge in [-0.15, -0.1) is 0 Å². The van der Waals surface area contributed by atoms with Gasteiger partial charge in [-0.25, -0.2) is 9.97 Å². The Kier molecular flexibility index (Phi) is 4.24. The molecule has 1 aliphatic rings. The van der Waals surface area contributed by atoms with Crippen molar-refractivity contribution in [3.8, 4) is 5.75 Å². The maximum atomic E-state index is 5.54. The molecule has 0 radical (unpaired) electrons. The third-order valence-electron chi connectivity index (χ3n) is 4.26. The number of likely N-dealkylation sites (N-methyl/N-ethyl adjacent to an activating group) is 1. The van der Waals surface area contributed by atoms with Gasteiger partial charge in [-0.1, -0.05) is 18.2 Å². The highest BCUT2D eigenvalue weighted by molar-refractivity contribution is 5.43. The first-order valence-electron chi connectivity index (χ1n) is 7.56. The van der Waals surface area contributed by atoms with Crippen LogP contribution in [-0.2, 0) is 0 Å². The molecule has 1 aliphatic heterocycles. The molecular formula is C17H22N4O. The molecule has 5 nitrogen and oxygen atoms in total. The van der Waals surface area contributed by atoms with Crippen molar-refractivity contribution in [1.29, 1.82) is 0 Å². The SMILES string of the molecule is COc1ccccc1C1CN(c2cc(C)ncn2)CCN1C. The molecule has 1 atom stereocenters. The zero-order valence-corrected chi connectivity index (χ0v) is 13.4. The molecule has 0 bridgehead atoms. The second kappa shape index (κ2) is 6.32. The fourth-order valence-corrected chi connectivity index (χ4v) is 2.97. The molecule has 0 amide bonds. The Morgan fingerprint density at radius 3 is 2.77 bits per heavy atom. The molecule has 0 spiro atoms. The second-order valence-electron chi connectivity index (χ2n) is 5.70. The predicted molar refractivity (Wildman–Crippen MR) is 87.3 cm³/mol. The quantitative estimate of drug-likeness (QED) is 0.869. The van der Waals surface area contributed by atoms with E-state index in [1.807, 2.05) is 25.1 Å². The monoisotopic (exact) mass is 298 g/mol. The molecule has 5 heteroatoms. The van der Waals surface area contributed by atoms with Crippen molar-refractivity contribution in [1.82, 2.24) is 14.9 Å². The molecule has 1 aromatic heterocycles. The molecule has 2 aromatic rings. The molecule has 1 aromatic carbocycles. The van der Waals surface area contributed by atoms with Gasteiger partial charge in [0.25, 0.3) is 0 Å². The first-order chi connectivity index (χ1) is 10.7. The number of hydrogen-bond acceptors (Lipinski definition) is 5. The summed E-state index contributed by atoms with van der Waals surface area (Å²) in [6, 6.07) is 10.6. The van der Waals surface area contributed by atoms with Gasteiger partial charge in [-0.2, -0.15) is 0 Å². The minimum atomic E-state index is 0.292. The Morgan fingerprint density at radius 2 is 2.00 bits per heavy atom. The standard InChI is InChI=1S/C17H22N4O/c1-13-10-17(19-12-18-13)21-9-8-20(2)15(11-21)14-6-4-5-7-16(14)22-3/h4-7,10,12,15H,8-9,11H2,1-3H3. The fourth-order valence-electron chi connectivity index (χ4n) is 2.97. The van der Waals surface area contributed by atoms with Crippen LogP contribution in [0.3, 0.4) is 0 Å². The summed E-state index contributed by atoms with van der Waals surface area (Å²) in [7, 11) is 3.90. The molecule has 1 fully saturated rings. The Bertz CT molecular complexity index is 646. The lowest BCUT2D eigenvalue weighted by molar-refractivity contribution is 0.216. The third-order valence-corrected chi connectivity index (χ3v) is 4.26. The summed E-state index contributed by atoms with van der Waals surface area (Å²) in [5.74, 6) is 1.94. The van der Waals surface area contributed by atoms with Gasteiger partial charge in [-0.3, -0.25) is 4.90 Å². The zero-order valence-electron chi connectivity index (χ0n) is 13.4. The van der Waals surface area contributed by atoms with Gasteiger partial charge in [-0.05, 0) is 20.0 Å². The minimum Gasteiger partial charge on any atom is -0.496 e. The van der Waals surface area contributed by atoms with E-state index < -0.39 is 0 Å². The van der Waals surface area contributed by atoms with Crippen molar-refractivity contribution < 1.29 is 4.74 Å². The van der Waals surface area contributed by atoms with Crippen molar-refractivity contribution in [3.63, 3.8) is 0 Å². The van der Waals surface area contributed by atoms with Crippen LogP contribution < -0.4 is 9.64 Å². The van der Waals surface area contributed by atoms with Gasteiger partial charge in [0.2, 0.25) is 0 Å². The second-order valence-corrected chi connectivity index (χ2v) is 5.70. The summed E-state index contributed by atoms with van der Waals surface area (Å²) < 4.78 is 5.54. The molecule has 0 aliphatic carbocycles. The van der Waals surface area contributed by atoms with E-state index in [4.69, 9.17) is 4.74 Å². The Hall–Kier alpha value is -2.14. The number of ether oxygens (including phenoxy) is 1. The van der Waals surface area contributed by atoms with Crippen molar-refractivity contribution in [3.05, 3.63) is 47.9 Å². The number of nitrogens with zero attached hydrogens (tertiary/aromatic N) is 4. The van der Waals surface area contributed by atoms with E-state index in [1.54, 1.807) is 13.4 Å². The summed E-state index contributed by atoms with van der Waals surface area (Å²) >= 11 is 0. The lowest BCUT2D eigenvalue weighted by Gasteiger charge is -2.40. The molecule has 116 valence electrons. The van der Waals surface area contributed by atoms with E-state index in [0.717, 1.165) is 36.9 Å². The molecule has 3 rings (SSSR count). The Labute approximate surface area is 131 Å².